The molecule has 0 atom stereocenters. The van der Waals surface area contributed by atoms with Gasteiger partial charge in [-0.3, -0.25) is 4.98 Å². The maximum Gasteiger partial charge on any atom is 0.174 e. The number of halogens is 2. The summed E-state index contributed by atoms with van der Waals surface area (Å²) >= 11 is 0. The highest BCUT2D eigenvalue weighted by Crippen LogP contribution is 2.44. The highest BCUT2D eigenvalue weighted by molar-refractivity contribution is 5.64. The number of hydrogen-bond donors (Lipinski definition) is 1. The zero-order valence-electron chi connectivity index (χ0n) is 14.7. The summed E-state index contributed by atoms with van der Waals surface area (Å²) in [5.41, 5.74) is 7.92. The summed E-state index contributed by atoms with van der Waals surface area (Å²) in [6.45, 7) is 0.161. The quantitative estimate of drug-likeness (QED) is 0.700. The van der Waals surface area contributed by atoms with E-state index in [0.717, 1.165) is 30.4 Å². The average molecular weight is 367 g/mol. The maximum absolute atomic E-state index is 15.3. The lowest BCUT2D eigenvalue weighted by Gasteiger charge is -2.28. The number of aromatic nitrogens is 2. The van der Waals surface area contributed by atoms with Gasteiger partial charge in [0.15, 0.2) is 11.6 Å². The largest absolute Gasteiger partial charge is 0.486 e. The Kier molecular flexibility index (Phi) is 4.71. The zero-order chi connectivity index (χ0) is 18.8. The number of nitrogens with two attached hydrogens (primary N) is 1. The molecule has 6 heteroatoms. The molecule has 1 aliphatic carbocycles. The first-order chi connectivity index (χ1) is 13.1. The fourth-order valence-electron chi connectivity index (χ4n) is 3.17. The molecule has 1 aliphatic rings. The van der Waals surface area contributed by atoms with Crippen molar-refractivity contribution in [2.45, 2.75) is 31.8 Å². The highest BCUT2D eigenvalue weighted by Gasteiger charge is 2.27. The van der Waals surface area contributed by atoms with Crippen LogP contribution in [-0.2, 0) is 6.61 Å². The van der Waals surface area contributed by atoms with Crippen molar-refractivity contribution in [3.05, 3.63) is 71.6 Å². The molecule has 4 rings (SSSR count). The van der Waals surface area contributed by atoms with Gasteiger partial charge in [0.05, 0.1) is 18.1 Å². The number of rotatable bonds is 5. The van der Waals surface area contributed by atoms with Crippen LogP contribution in [0.2, 0.25) is 0 Å². The zero-order valence-corrected chi connectivity index (χ0v) is 14.7. The van der Waals surface area contributed by atoms with Crippen LogP contribution < -0.4 is 10.5 Å². The molecule has 0 radical (unpaired) electrons. The minimum absolute atomic E-state index is 0.161. The molecular weight excluding hydrogens is 348 g/mol. The van der Waals surface area contributed by atoms with E-state index in [-0.39, 0.29) is 24.0 Å². The van der Waals surface area contributed by atoms with E-state index in [1.54, 1.807) is 18.2 Å². The SMILES string of the molecule is Nc1cnc(-c2ccc(C3CCC3)c(OCc3ccc(F)cc3)c2F)cn1. The molecule has 27 heavy (non-hydrogen) atoms. The van der Waals surface area contributed by atoms with E-state index in [9.17, 15) is 4.39 Å². The van der Waals surface area contributed by atoms with Gasteiger partial charge in [-0.2, -0.15) is 0 Å². The lowest BCUT2D eigenvalue weighted by atomic mass is 9.79. The fourth-order valence-corrected chi connectivity index (χ4v) is 3.17. The molecule has 0 spiro atoms. The molecule has 2 aromatic carbocycles. The van der Waals surface area contributed by atoms with Crippen LogP contribution in [0.25, 0.3) is 11.3 Å². The van der Waals surface area contributed by atoms with E-state index in [4.69, 9.17) is 10.5 Å². The lowest BCUT2D eigenvalue weighted by Crippen LogP contribution is -2.12. The Morgan fingerprint density at radius 3 is 2.41 bits per heavy atom. The normalized spacial score (nSPS) is 14.0. The van der Waals surface area contributed by atoms with Crippen molar-refractivity contribution >= 4 is 5.82 Å². The summed E-state index contributed by atoms with van der Waals surface area (Å²) in [6, 6.07) is 9.61. The van der Waals surface area contributed by atoms with Gasteiger partial charge in [0.1, 0.15) is 18.2 Å². The summed E-state index contributed by atoms with van der Waals surface area (Å²) in [5, 5.41) is 0. The van der Waals surface area contributed by atoms with Crippen LogP contribution in [0.1, 0.15) is 36.3 Å². The molecule has 0 aliphatic heterocycles. The second kappa shape index (κ2) is 7.31. The van der Waals surface area contributed by atoms with Crippen molar-refractivity contribution in [1.29, 1.82) is 0 Å². The van der Waals surface area contributed by atoms with Crippen LogP contribution in [0.15, 0.2) is 48.8 Å². The van der Waals surface area contributed by atoms with Crippen LogP contribution >= 0.6 is 0 Å². The Hall–Kier alpha value is -3.02. The second-order valence-electron chi connectivity index (χ2n) is 6.71. The standard InChI is InChI=1S/C21H19F2N3O/c22-15-6-4-13(5-7-15)12-27-21-16(14-2-1-3-14)8-9-17(20(21)23)18-10-26-19(24)11-25-18/h4-11,14H,1-3,12H2,(H2,24,26). The van der Waals surface area contributed by atoms with Crippen molar-refractivity contribution < 1.29 is 13.5 Å². The molecule has 0 amide bonds. The van der Waals surface area contributed by atoms with Gasteiger partial charge in [0, 0.05) is 11.1 Å². The summed E-state index contributed by atoms with van der Waals surface area (Å²) < 4.78 is 34.3. The van der Waals surface area contributed by atoms with E-state index in [1.165, 1.54) is 24.5 Å². The number of ether oxygens (including phenoxy) is 1. The molecule has 0 bridgehead atoms. The summed E-state index contributed by atoms with van der Waals surface area (Å²) in [7, 11) is 0. The first-order valence-corrected chi connectivity index (χ1v) is 8.89. The van der Waals surface area contributed by atoms with Crippen molar-refractivity contribution in [2.24, 2.45) is 0 Å². The number of anilines is 1. The molecule has 1 aromatic heterocycles. The predicted molar refractivity (Wildman–Crippen MR) is 99.2 cm³/mol. The van der Waals surface area contributed by atoms with Crippen molar-refractivity contribution in [3.8, 4) is 17.0 Å². The third-order valence-electron chi connectivity index (χ3n) is 4.92. The monoisotopic (exact) mass is 367 g/mol. The average Bonchev–Trinajstić information content (AvgIpc) is 2.62. The predicted octanol–water partition coefficient (Wildman–Crippen LogP) is 4.85. The van der Waals surface area contributed by atoms with Gasteiger partial charge in [-0.05, 0) is 42.5 Å². The van der Waals surface area contributed by atoms with Crippen LogP contribution in [0, 0.1) is 11.6 Å². The molecule has 3 aromatic rings. The third-order valence-corrected chi connectivity index (χ3v) is 4.92. The fraction of sp³-hybridized carbons (Fsp3) is 0.238. The molecule has 1 heterocycles. The third kappa shape index (κ3) is 3.60. The summed E-state index contributed by atoms with van der Waals surface area (Å²) in [5.74, 6) is 0.0389. The molecule has 0 unspecified atom stereocenters. The van der Waals surface area contributed by atoms with Crippen LogP contribution in [0.3, 0.4) is 0 Å². The van der Waals surface area contributed by atoms with Gasteiger partial charge in [-0.25, -0.2) is 13.8 Å². The van der Waals surface area contributed by atoms with Crippen molar-refractivity contribution in [3.63, 3.8) is 0 Å². The number of nitrogen functional groups attached to an aromatic ring is 1. The van der Waals surface area contributed by atoms with E-state index < -0.39 is 5.82 Å². The summed E-state index contributed by atoms with van der Waals surface area (Å²) in [6.07, 6.45) is 6.02. The van der Waals surface area contributed by atoms with Crippen LogP contribution in [0.5, 0.6) is 5.75 Å². The number of hydrogen-bond acceptors (Lipinski definition) is 4. The molecule has 2 N–H and O–H groups in total. The molecule has 1 saturated carbocycles. The second-order valence-corrected chi connectivity index (χ2v) is 6.71. The smallest absolute Gasteiger partial charge is 0.174 e. The Bertz CT molecular complexity index is 939. The number of benzene rings is 2. The molecule has 138 valence electrons. The van der Waals surface area contributed by atoms with Gasteiger partial charge in [-0.1, -0.05) is 24.6 Å². The van der Waals surface area contributed by atoms with E-state index >= 15 is 4.39 Å². The van der Waals surface area contributed by atoms with Crippen LogP contribution in [-0.4, -0.2) is 9.97 Å². The molecule has 4 nitrogen and oxygen atoms in total. The van der Waals surface area contributed by atoms with E-state index in [0.29, 0.717) is 17.2 Å². The molecule has 0 saturated heterocycles. The Labute approximate surface area is 156 Å². The number of nitrogens with zero attached hydrogens (tertiary/aromatic N) is 2. The van der Waals surface area contributed by atoms with Gasteiger partial charge in [0.25, 0.3) is 0 Å². The van der Waals surface area contributed by atoms with Gasteiger partial charge >= 0.3 is 0 Å². The van der Waals surface area contributed by atoms with Crippen LogP contribution in [0.4, 0.5) is 14.6 Å². The lowest BCUT2D eigenvalue weighted by molar-refractivity contribution is 0.278. The minimum Gasteiger partial charge on any atom is -0.486 e. The van der Waals surface area contributed by atoms with Gasteiger partial charge < -0.3 is 10.5 Å². The van der Waals surface area contributed by atoms with Gasteiger partial charge in [-0.15, -0.1) is 0 Å². The highest BCUT2D eigenvalue weighted by atomic mass is 19.1. The first kappa shape index (κ1) is 17.4. The summed E-state index contributed by atoms with van der Waals surface area (Å²) in [4.78, 5) is 8.15. The van der Waals surface area contributed by atoms with Crippen molar-refractivity contribution in [1.82, 2.24) is 9.97 Å². The Balaban J connectivity index is 1.68. The van der Waals surface area contributed by atoms with E-state index in [2.05, 4.69) is 9.97 Å². The van der Waals surface area contributed by atoms with Gasteiger partial charge in [0.2, 0.25) is 0 Å². The molecular formula is C21H19F2N3O. The molecule has 1 fully saturated rings. The first-order valence-electron chi connectivity index (χ1n) is 8.89. The van der Waals surface area contributed by atoms with Crippen molar-refractivity contribution in [2.75, 3.05) is 5.73 Å². The van der Waals surface area contributed by atoms with E-state index in [1.807, 2.05) is 6.07 Å². The topological polar surface area (TPSA) is 61.0 Å². The maximum atomic E-state index is 15.3. The Morgan fingerprint density at radius 1 is 1.00 bits per heavy atom. The Morgan fingerprint density at radius 2 is 1.78 bits per heavy atom. The minimum atomic E-state index is -0.458.